The number of fused-ring (bicyclic) bond motifs is 3. The van der Waals surface area contributed by atoms with Crippen LogP contribution in [-0.2, 0) is 0 Å². The molecule has 2 unspecified atom stereocenters. The standard InChI is InChI=1S/C16H18N2O2/c17-8-7-15(19)16(20)10-5-6-12-11-3-1-2-4-13(11)18-14(12)9-10/h1-6,9,15-16,18-20H,7-8,17H2. The molecule has 0 saturated carbocycles. The van der Waals surface area contributed by atoms with Crippen molar-refractivity contribution < 1.29 is 10.2 Å². The minimum Gasteiger partial charge on any atom is -0.390 e. The van der Waals surface area contributed by atoms with Gasteiger partial charge >= 0.3 is 0 Å². The molecule has 0 bridgehead atoms. The molecule has 5 N–H and O–H groups in total. The molecule has 4 nitrogen and oxygen atoms in total. The van der Waals surface area contributed by atoms with Gasteiger partial charge in [0.05, 0.1) is 6.10 Å². The molecule has 1 aromatic heterocycles. The molecule has 1 heterocycles. The van der Waals surface area contributed by atoms with E-state index < -0.39 is 12.2 Å². The molecule has 2 atom stereocenters. The van der Waals surface area contributed by atoms with Gasteiger partial charge in [0.25, 0.3) is 0 Å². The summed E-state index contributed by atoms with van der Waals surface area (Å²) in [4.78, 5) is 3.33. The highest BCUT2D eigenvalue weighted by atomic mass is 16.3. The highest BCUT2D eigenvalue weighted by Crippen LogP contribution is 2.28. The molecule has 0 aliphatic carbocycles. The van der Waals surface area contributed by atoms with E-state index in [0.29, 0.717) is 18.5 Å². The molecule has 0 radical (unpaired) electrons. The number of H-pyrrole nitrogens is 1. The van der Waals surface area contributed by atoms with Crippen LogP contribution < -0.4 is 5.73 Å². The molecule has 3 rings (SSSR count). The van der Waals surface area contributed by atoms with Crippen molar-refractivity contribution in [3.63, 3.8) is 0 Å². The topological polar surface area (TPSA) is 82.3 Å². The molecule has 0 aliphatic heterocycles. The zero-order chi connectivity index (χ0) is 14.1. The summed E-state index contributed by atoms with van der Waals surface area (Å²) in [6, 6.07) is 13.8. The van der Waals surface area contributed by atoms with Crippen LogP contribution in [0.4, 0.5) is 0 Å². The average molecular weight is 270 g/mol. The summed E-state index contributed by atoms with van der Waals surface area (Å²) in [7, 11) is 0. The molecular formula is C16H18N2O2. The zero-order valence-corrected chi connectivity index (χ0v) is 11.1. The second-order valence-electron chi connectivity index (χ2n) is 5.07. The highest BCUT2D eigenvalue weighted by Gasteiger charge is 2.18. The number of aromatic nitrogens is 1. The molecule has 0 saturated heterocycles. The summed E-state index contributed by atoms with van der Waals surface area (Å²) in [5.41, 5.74) is 8.14. The zero-order valence-electron chi connectivity index (χ0n) is 11.1. The molecule has 2 aromatic carbocycles. The second-order valence-corrected chi connectivity index (χ2v) is 5.07. The monoisotopic (exact) mass is 270 g/mol. The van der Waals surface area contributed by atoms with E-state index in [1.54, 1.807) is 0 Å². The summed E-state index contributed by atoms with van der Waals surface area (Å²) in [5, 5.41) is 22.3. The molecule has 0 spiro atoms. The lowest BCUT2D eigenvalue weighted by molar-refractivity contribution is 0.0151. The summed E-state index contributed by atoms with van der Waals surface area (Å²) in [5.74, 6) is 0. The first-order chi connectivity index (χ1) is 9.70. The lowest BCUT2D eigenvalue weighted by Gasteiger charge is -2.17. The third-order valence-electron chi connectivity index (χ3n) is 3.70. The van der Waals surface area contributed by atoms with Crippen LogP contribution in [0.3, 0.4) is 0 Å². The largest absolute Gasteiger partial charge is 0.390 e. The second kappa shape index (κ2) is 5.25. The Morgan fingerprint density at radius 2 is 1.75 bits per heavy atom. The third kappa shape index (κ3) is 2.18. The van der Waals surface area contributed by atoms with Gasteiger partial charge in [-0.25, -0.2) is 0 Å². The fraction of sp³-hybridized carbons (Fsp3) is 0.250. The Morgan fingerprint density at radius 3 is 2.55 bits per heavy atom. The number of benzene rings is 2. The van der Waals surface area contributed by atoms with Crippen LogP contribution in [0.5, 0.6) is 0 Å². The van der Waals surface area contributed by atoms with E-state index in [1.165, 1.54) is 0 Å². The van der Waals surface area contributed by atoms with Gasteiger partial charge in [0.1, 0.15) is 6.10 Å². The Balaban J connectivity index is 2.04. The summed E-state index contributed by atoms with van der Waals surface area (Å²) in [6.07, 6.45) is -1.36. The Bertz CT molecular complexity index is 736. The van der Waals surface area contributed by atoms with Crippen LogP contribution in [0.1, 0.15) is 18.1 Å². The predicted octanol–water partition coefficient (Wildman–Crippen LogP) is 2.06. The summed E-state index contributed by atoms with van der Waals surface area (Å²) in [6.45, 7) is 0.354. The number of aromatic amines is 1. The average Bonchev–Trinajstić information content (AvgIpc) is 2.84. The molecule has 4 heteroatoms. The van der Waals surface area contributed by atoms with E-state index >= 15 is 0 Å². The normalized spacial score (nSPS) is 14.8. The fourth-order valence-corrected chi connectivity index (χ4v) is 2.61. The van der Waals surface area contributed by atoms with Gasteiger partial charge in [-0.3, -0.25) is 0 Å². The molecule has 104 valence electrons. The van der Waals surface area contributed by atoms with Crippen LogP contribution in [0.25, 0.3) is 21.8 Å². The summed E-state index contributed by atoms with van der Waals surface area (Å²) >= 11 is 0. The lowest BCUT2D eigenvalue weighted by Crippen LogP contribution is -2.21. The SMILES string of the molecule is NCCC(O)C(O)c1ccc2c(c1)[nH]c1ccccc12. The number of aliphatic hydroxyl groups excluding tert-OH is 2. The van der Waals surface area contributed by atoms with Crippen molar-refractivity contribution in [2.24, 2.45) is 5.73 Å². The van der Waals surface area contributed by atoms with Crippen molar-refractivity contribution >= 4 is 21.8 Å². The number of hydrogen-bond acceptors (Lipinski definition) is 3. The van der Waals surface area contributed by atoms with Gasteiger partial charge in [-0.05, 0) is 30.7 Å². The minimum absolute atomic E-state index is 0.354. The van der Waals surface area contributed by atoms with Crippen LogP contribution in [0.2, 0.25) is 0 Å². The van der Waals surface area contributed by atoms with Gasteiger partial charge in [-0.15, -0.1) is 0 Å². The van der Waals surface area contributed by atoms with Gasteiger partial charge < -0.3 is 20.9 Å². The van der Waals surface area contributed by atoms with Gasteiger partial charge in [0, 0.05) is 21.8 Å². The van der Waals surface area contributed by atoms with E-state index in [2.05, 4.69) is 11.1 Å². The Morgan fingerprint density at radius 1 is 1.00 bits per heavy atom. The fourth-order valence-electron chi connectivity index (χ4n) is 2.61. The van der Waals surface area contributed by atoms with E-state index in [-0.39, 0.29) is 0 Å². The van der Waals surface area contributed by atoms with Crippen LogP contribution >= 0.6 is 0 Å². The van der Waals surface area contributed by atoms with Crippen LogP contribution in [0.15, 0.2) is 42.5 Å². The highest BCUT2D eigenvalue weighted by molar-refractivity contribution is 6.07. The molecule has 0 amide bonds. The van der Waals surface area contributed by atoms with Gasteiger partial charge in [0.2, 0.25) is 0 Å². The first-order valence-electron chi connectivity index (χ1n) is 6.77. The maximum atomic E-state index is 10.1. The maximum Gasteiger partial charge on any atom is 0.105 e. The van der Waals surface area contributed by atoms with Crippen molar-refractivity contribution in [3.8, 4) is 0 Å². The van der Waals surface area contributed by atoms with Crippen LogP contribution in [0, 0.1) is 0 Å². The molecule has 20 heavy (non-hydrogen) atoms. The number of nitrogens with two attached hydrogens (primary N) is 1. The van der Waals surface area contributed by atoms with Crippen LogP contribution in [-0.4, -0.2) is 27.8 Å². The molecular weight excluding hydrogens is 252 g/mol. The van der Waals surface area contributed by atoms with E-state index in [0.717, 1.165) is 21.8 Å². The molecule has 0 aliphatic rings. The first kappa shape index (κ1) is 13.1. The van der Waals surface area contributed by atoms with Crippen molar-refractivity contribution in [3.05, 3.63) is 48.0 Å². The van der Waals surface area contributed by atoms with Crippen molar-refractivity contribution in [1.29, 1.82) is 0 Å². The number of nitrogens with one attached hydrogen (secondary N) is 1. The Kier molecular flexibility index (Phi) is 3.44. The molecule has 3 aromatic rings. The minimum atomic E-state index is -0.908. The number of rotatable bonds is 4. The third-order valence-corrected chi connectivity index (χ3v) is 3.70. The number of aliphatic hydroxyl groups is 2. The number of para-hydroxylation sites is 1. The van der Waals surface area contributed by atoms with Crippen molar-refractivity contribution in [1.82, 2.24) is 4.98 Å². The van der Waals surface area contributed by atoms with E-state index in [9.17, 15) is 10.2 Å². The smallest absolute Gasteiger partial charge is 0.105 e. The van der Waals surface area contributed by atoms with Gasteiger partial charge in [-0.1, -0.05) is 30.3 Å². The van der Waals surface area contributed by atoms with Gasteiger partial charge in [-0.2, -0.15) is 0 Å². The lowest BCUT2D eigenvalue weighted by atomic mass is 10.0. The maximum absolute atomic E-state index is 10.1. The number of hydrogen-bond donors (Lipinski definition) is 4. The Hall–Kier alpha value is -1.88. The van der Waals surface area contributed by atoms with Crippen molar-refractivity contribution in [2.45, 2.75) is 18.6 Å². The van der Waals surface area contributed by atoms with E-state index in [1.807, 2.05) is 36.4 Å². The quantitative estimate of drug-likeness (QED) is 0.585. The van der Waals surface area contributed by atoms with Crippen molar-refractivity contribution in [2.75, 3.05) is 6.54 Å². The predicted molar refractivity (Wildman–Crippen MR) is 80.4 cm³/mol. The van der Waals surface area contributed by atoms with Gasteiger partial charge in [0.15, 0.2) is 0 Å². The first-order valence-corrected chi connectivity index (χ1v) is 6.77. The Labute approximate surface area is 116 Å². The molecule has 0 fully saturated rings. The summed E-state index contributed by atoms with van der Waals surface area (Å²) < 4.78 is 0. The van der Waals surface area contributed by atoms with E-state index in [4.69, 9.17) is 5.73 Å².